The van der Waals surface area contributed by atoms with Crippen LogP contribution in [-0.4, -0.2) is 37.8 Å². The topological polar surface area (TPSA) is 65.5 Å². The zero-order valence-electron chi connectivity index (χ0n) is 12.6. The summed E-state index contributed by atoms with van der Waals surface area (Å²) in [6.45, 7) is 2.73. The molecule has 0 aliphatic heterocycles. The summed E-state index contributed by atoms with van der Waals surface area (Å²) in [6, 6.07) is 5.53. The fourth-order valence-electron chi connectivity index (χ4n) is 2.05. The first-order valence-corrected chi connectivity index (χ1v) is 6.60. The van der Waals surface area contributed by atoms with Crippen molar-refractivity contribution in [3.05, 3.63) is 24.5 Å². The summed E-state index contributed by atoms with van der Waals surface area (Å²) in [4.78, 5) is 8.54. The third-order valence-corrected chi connectivity index (χ3v) is 3.01. The fourth-order valence-corrected chi connectivity index (χ4v) is 2.05. The minimum Gasteiger partial charge on any atom is -0.497 e. The highest BCUT2D eigenvalue weighted by Gasteiger charge is 2.17. The number of anilines is 1. The van der Waals surface area contributed by atoms with Crippen molar-refractivity contribution >= 4 is 5.82 Å². The normalized spacial score (nSPS) is 10.1. The van der Waals surface area contributed by atoms with Crippen molar-refractivity contribution in [2.75, 3.05) is 33.2 Å². The third kappa shape index (κ3) is 2.99. The summed E-state index contributed by atoms with van der Waals surface area (Å²) in [5.41, 5.74) is 1.44. The van der Waals surface area contributed by atoms with Crippen molar-refractivity contribution in [2.24, 2.45) is 0 Å². The van der Waals surface area contributed by atoms with Crippen LogP contribution in [0, 0.1) is 0 Å². The van der Waals surface area contributed by atoms with E-state index in [1.807, 2.05) is 25.1 Å². The van der Waals surface area contributed by atoms with Crippen LogP contribution in [0.1, 0.15) is 6.92 Å². The van der Waals surface area contributed by atoms with E-state index < -0.39 is 0 Å². The molecule has 1 aromatic carbocycles. The van der Waals surface area contributed by atoms with Crippen LogP contribution in [-0.2, 0) is 0 Å². The highest BCUT2D eigenvalue weighted by atomic mass is 16.5. The number of nitrogens with one attached hydrogen (secondary N) is 1. The average molecular weight is 289 g/mol. The van der Waals surface area contributed by atoms with Gasteiger partial charge in [0.15, 0.2) is 11.6 Å². The molecule has 1 N–H and O–H groups in total. The maximum absolute atomic E-state index is 5.47. The SMILES string of the molecule is CCNc1ncnc(-c2cc(OC)ccc2OC)c1OC. The van der Waals surface area contributed by atoms with Crippen molar-refractivity contribution in [3.8, 4) is 28.5 Å². The van der Waals surface area contributed by atoms with Gasteiger partial charge in [-0.3, -0.25) is 0 Å². The number of hydrogen-bond acceptors (Lipinski definition) is 6. The summed E-state index contributed by atoms with van der Waals surface area (Å²) in [5, 5.41) is 3.16. The lowest BCUT2D eigenvalue weighted by Gasteiger charge is -2.15. The molecule has 6 nitrogen and oxygen atoms in total. The first-order chi connectivity index (χ1) is 10.2. The Balaban J connectivity index is 2.62. The van der Waals surface area contributed by atoms with E-state index in [9.17, 15) is 0 Å². The molecule has 0 fully saturated rings. The first-order valence-electron chi connectivity index (χ1n) is 6.60. The zero-order chi connectivity index (χ0) is 15.2. The molecule has 2 rings (SSSR count). The minimum absolute atomic E-state index is 0.575. The maximum Gasteiger partial charge on any atom is 0.187 e. The number of aromatic nitrogens is 2. The molecule has 0 aliphatic carbocycles. The van der Waals surface area contributed by atoms with Crippen molar-refractivity contribution in [3.63, 3.8) is 0 Å². The van der Waals surface area contributed by atoms with Crippen molar-refractivity contribution in [1.29, 1.82) is 0 Å². The van der Waals surface area contributed by atoms with Crippen LogP contribution in [0.15, 0.2) is 24.5 Å². The molecule has 0 radical (unpaired) electrons. The van der Waals surface area contributed by atoms with Crippen molar-refractivity contribution in [2.45, 2.75) is 6.92 Å². The van der Waals surface area contributed by atoms with E-state index in [-0.39, 0.29) is 0 Å². The third-order valence-electron chi connectivity index (χ3n) is 3.01. The zero-order valence-corrected chi connectivity index (χ0v) is 12.6. The Morgan fingerprint density at radius 3 is 2.48 bits per heavy atom. The number of nitrogens with zero attached hydrogens (tertiary/aromatic N) is 2. The van der Waals surface area contributed by atoms with Crippen molar-refractivity contribution < 1.29 is 14.2 Å². The number of methoxy groups -OCH3 is 3. The van der Waals surface area contributed by atoms with Crippen LogP contribution in [0.4, 0.5) is 5.82 Å². The Hall–Kier alpha value is -2.50. The van der Waals surface area contributed by atoms with Gasteiger partial charge in [-0.25, -0.2) is 9.97 Å². The van der Waals surface area contributed by atoms with E-state index in [0.29, 0.717) is 23.0 Å². The predicted octanol–water partition coefficient (Wildman–Crippen LogP) is 2.60. The largest absolute Gasteiger partial charge is 0.497 e. The molecular formula is C15H19N3O3. The van der Waals surface area contributed by atoms with Gasteiger partial charge in [-0.15, -0.1) is 0 Å². The lowest BCUT2D eigenvalue weighted by Crippen LogP contribution is -2.04. The van der Waals surface area contributed by atoms with Gasteiger partial charge in [0.25, 0.3) is 0 Å². The van der Waals surface area contributed by atoms with Gasteiger partial charge in [0.1, 0.15) is 23.5 Å². The van der Waals surface area contributed by atoms with Crippen LogP contribution in [0.3, 0.4) is 0 Å². The Morgan fingerprint density at radius 2 is 1.86 bits per heavy atom. The maximum atomic E-state index is 5.47. The smallest absolute Gasteiger partial charge is 0.187 e. The Morgan fingerprint density at radius 1 is 1.05 bits per heavy atom. The highest BCUT2D eigenvalue weighted by molar-refractivity contribution is 5.77. The fraction of sp³-hybridized carbons (Fsp3) is 0.333. The Labute approximate surface area is 124 Å². The number of benzene rings is 1. The standard InChI is InChI=1S/C15H19N3O3/c1-5-16-15-14(21-4)13(17-9-18-15)11-8-10(19-2)6-7-12(11)20-3/h6-9H,5H2,1-4H3,(H,16,17,18). The van der Waals surface area contributed by atoms with Crippen LogP contribution >= 0.6 is 0 Å². The lowest BCUT2D eigenvalue weighted by molar-refractivity contribution is 0.401. The van der Waals surface area contributed by atoms with E-state index in [2.05, 4.69) is 15.3 Å². The lowest BCUT2D eigenvalue weighted by atomic mass is 10.1. The van der Waals surface area contributed by atoms with Gasteiger partial charge < -0.3 is 19.5 Å². The Kier molecular flexibility index (Phi) is 4.81. The second-order valence-corrected chi connectivity index (χ2v) is 4.20. The number of hydrogen-bond donors (Lipinski definition) is 1. The molecule has 0 atom stereocenters. The van der Waals surface area contributed by atoms with Gasteiger partial charge in [-0.05, 0) is 25.1 Å². The van der Waals surface area contributed by atoms with E-state index >= 15 is 0 Å². The number of ether oxygens (including phenoxy) is 3. The summed E-state index contributed by atoms with van der Waals surface area (Å²) in [7, 11) is 4.83. The summed E-state index contributed by atoms with van der Waals surface area (Å²) in [5.74, 6) is 2.63. The first kappa shape index (κ1) is 14.9. The molecule has 1 heterocycles. The molecule has 0 aliphatic rings. The van der Waals surface area contributed by atoms with Gasteiger partial charge in [0.2, 0.25) is 0 Å². The minimum atomic E-state index is 0.575. The van der Waals surface area contributed by atoms with Gasteiger partial charge in [-0.1, -0.05) is 0 Å². The molecule has 0 amide bonds. The molecule has 0 bridgehead atoms. The summed E-state index contributed by atoms with van der Waals surface area (Å²) >= 11 is 0. The molecule has 0 saturated carbocycles. The van der Waals surface area contributed by atoms with E-state index in [1.54, 1.807) is 21.3 Å². The molecule has 2 aromatic rings. The van der Waals surface area contributed by atoms with E-state index in [1.165, 1.54) is 6.33 Å². The van der Waals surface area contributed by atoms with E-state index in [0.717, 1.165) is 17.9 Å². The van der Waals surface area contributed by atoms with Gasteiger partial charge in [0, 0.05) is 12.1 Å². The molecule has 1 aromatic heterocycles. The van der Waals surface area contributed by atoms with Gasteiger partial charge >= 0.3 is 0 Å². The van der Waals surface area contributed by atoms with Crippen LogP contribution in [0.5, 0.6) is 17.2 Å². The molecule has 0 saturated heterocycles. The summed E-state index contributed by atoms with van der Waals surface area (Å²) < 4.78 is 16.2. The highest BCUT2D eigenvalue weighted by Crippen LogP contribution is 2.39. The predicted molar refractivity (Wildman–Crippen MR) is 81.3 cm³/mol. The second kappa shape index (κ2) is 6.78. The number of rotatable bonds is 6. The van der Waals surface area contributed by atoms with Crippen LogP contribution in [0.25, 0.3) is 11.3 Å². The second-order valence-electron chi connectivity index (χ2n) is 4.20. The Bertz CT molecular complexity index is 617. The average Bonchev–Trinajstić information content (AvgIpc) is 2.54. The van der Waals surface area contributed by atoms with Crippen LogP contribution < -0.4 is 19.5 Å². The molecule has 6 heteroatoms. The quantitative estimate of drug-likeness (QED) is 0.881. The summed E-state index contributed by atoms with van der Waals surface area (Å²) in [6.07, 6.45) is 1.49. The molecule has 112 valence electrons. The van der Waals surface area contributed by atoms with E-state index in [4.69, 9.17) is 14.2 Å². The molecule has 21 heavy (non-hydrogen) atoms. The van der Waals surface area contributed by atoms with Gasteiger partial charge in [0.05, 0.1) is 21.3 Å². The molecule has 0 unspecified atom stereocenters. The molecular weight excluding hydrogens is 270 g/mol. The van der Waals surface area contributed by atoms with Gasteiger partial charge in [-0.2, -0.15) is 0 Å². The van der Waals surface area contributed by atoms with Crippen molar-refractivity contribution in [1.82, 2.24) is 9.97 Å². The molecule has 0 spiro atoms. The monoisotopic (exact) mass is 289 g/mol. The van der Waals surface area contributed by atoms with Crippen LogP contribution in [0.2, 0.25) is 0 Å².